The average Bonchev–Trinajstić information content (AvgIpc) is 3.33. The maximum Gasteiger partial charge on any atom is 0.475 e. The van der Waals surface area contributed by atoms with Crippen molar-refractivity contribution in [2.45, 2.75) is 24.2 Å². The Morgan fingerprint density at radius 2 is 1.81 bits per heavy atom. The minimum atomic E-state index is -5.02. The molecule has 5 rings (SSSR count). The molecular weight excluding hydrogens is 548 g/mol. The number of rotatable bonds is 4. The number of oxime groups is 1. The first-order valence-corrected chi connectivity index (χ1v) is 13.2. The van der Waals surface area contributed by atoms with Crippen molar-refractivity contribution in [1.29, 1.82) is 0 Å². The monoisotopic (exact) mass is 564 g/mol. The maximum absolute atomic E-state index is 14.1. The van der Waals surface area contributed by atoms with Gasteiger partial charge in [-0.2, -0.15) is 13.2 Å². The molecule has 0 radical (unpaired) electrons. The number of benzene rings is 2. The predicted molar refractivity (Wildman–Crippen MR) is 122 cm³/mol. The van der Waals surface area contributed by atoms with E-state index in [0.29, 0.717) is 5.56 Å². The second kappa shape index (κ2) is 8.23. The number of likely N-dealkylation sites (tertiary alicyclic amines) is 1. The zero-order valence-electron chi connectivity index (χ0n) is 18.4. The van der Waals surface area contributed by atoms with Crippen LogP contribution in [-0.4, -0.2) is 56.4 Å². The lowest BCUT2D eigenvalue weighted by Crippen LogP contribution is -2.62. The molecule has 0 aromatic heterocycles. The Morgan fingerprint density at radius 3 is 2.42 bits per heavy atom. The average molecular weight is 565 g/mol. The topological polar surface area (TPSA) is 94.5 Å². The van der Waals surface area contributed by atoms with Crippen LogP contribution in [0.4, 0.5) is 13.2 Å². The van der Waals surface area contributed by atoms with Crippen molar-refractivity contribution in [3.8, 4) is 0 Å². The summed E-state index contributed by atoms with van der Waals surface area (Å²) >= 11 is 11.8. The van der Waals surface area contributed by atoms with Crippen LogP contribution in [0.15, 0.2) is 41.6 Å². The summed E-state index contributed by atoms with van der Waals surface area (Å²) in [7, 11) is -3.47. The fourth-order valence-corrected chi connectivity index (χ4v) is 5.58. The molecule has 14 heteroatoms. The van der Waals surface area contributed by atoms with Gasteiger partial charge in [-0.3, -0.25) is 4.79 Å². The van der Waals surface area contributed by atoms with Gasteiger partial charge in [-0.15, -0.1) is 0 Å². The minimum absolute atomic E-state index is 0.0358. The zero-order chi connectivity index (χ0) is 26.1. The van der Waals surface area contributed by atoms with Crippen molar-refractivity contribution in [1.82, 2.24) is 4.90 Å². The zero-order valence-corrected chi connectivity index (χ0v) is 20.8. The Labute approximate surface area is 213 Å². The Bertz CT molecular complexity index is 1390. The SMILES string of the molecule is CS(=O)(=O)CC(=O)N1CC2(C1)OCc1cc(C3=NOC(c4cc(Cl)cc(Cl)c4)(C(F)(F)F)O3)ccc12. The number of fused-ring (bicyclic) bond motifs is 2. The number of sulfone groups is 1. The summed E-state index contributed by atoms with van der Waals surface area (Å²) in [5.74, 6) is -4.75. The molecule has 1 spiro atoms. The lowest BCUT2D eigenvalue weighted by Gasteiger charge is -2.47. The number of carbonyl (C=O) groups excluding carboxylic acids is 1. The molecule has 3 aliphatic rings. The smallest absolute Gasteiger partial charge is 0.419 e. The van der Waals surface area contributed by atoms with Crippen LogP contribution in [0.25, 0.3) is 0 Å². The molecular formula is C22H17Cl2F3N2O6S. The van der Waals surface area contributed by atoms with E-state index >= 15 is 0 Å². The van der Waals surface area contributed by atoms with Crippen LogP contribution in [0.5, 0.6) is 0 Å². The van der Waals surface area contributed by atoms with Gasteiger partial charge in [0.1, 0.15) is 11.4 Å². The van der Waals surface area contributed by atoms with E-state index in [-0.39, 0.29) is 35.3 Å². The third-order valence-corrected chi connectivity index (χ3v) is 7.30. The van der Waals surface area contributed by atoms with E-state index in [9.17, 15) is 26.4 Å². The van der Waals surface area contributed by atoms with Gasteiger partial charge in [0.25, 0.3) is 5.90 Å². The van der Waals surface area contributed by atoms with Gasteiger partial charge in [-0.25, -0.2) is 8.42 Å². The normalized spacial score (nSPS) is 22.5. The van der Waals surface area contributed by atoms with E-state index in [0.717, 1.165) is 24.0 Å². The number of hydrogen-bond acceptors (Lipinski definition) is 7. The Hall–Kier alpha value is -2.54. The number of amides is 1. The summed E-state index contributed by atoms with van der Waals surface area (Å²) < 4.78 is 76.4. The molecule has 2 aromatic carbocycles. The summed E-state index contributed by atoms with van der Waals surface area (Å²) in [5, 5.41) is 3.49. The summed E-state index contributed by atoms with van der Waals surface area (Å²) in [5.41, 5.74) is 0.367. The molecule has 1 unspecified atom stereocenters. The highest BCUT2D eigenvalue weighted by atomic mass is 35.5. The number of halogens is 5. The van der Waals surface area contributed by atoms with Crippen molar-refractivity contribution in [2.24, 2.45) is 5.16 Å². The van der Waals surface area contributed by atoms with Crippen LogP contribution >= 0.6 is 23.2 Å². The summed E-state index contributed by atoms with van der Waals surface area (Å²) in [6, 6.07) is 8.09. The van der Waals surface area contributed by atoms with Gasteiger partial charge in [-0.05, 0) is 46.6 Å². The standard InChI is InChI=1S/C22H17Cl2F3N2O6S/c1-36(31,32)9-18(30)29-10-20(11-29)17-3-2-12(4-13(17)8-33-20)19-28-35-21(34-19,22(25,26)27)14-5-15(23)7-16(24)6-14/h2-7H,8-11H2,1H3. The third kappa shape index (κ3) is 4.19. The molecule has 0 N–H and O–H groups in total. The first-order valence-electron chi connectivity index (χ1n) is 10.4. The van der Waals surface area contributed by atoms with Crippen LogP contribution < -0.4 is 0 Å². The van der Waals surface area contributed by atoms with Crippen LogP contribution in [0.2, 0.25) is 10.0 Å². The molecule has 3 heterocycles. The van der Waals surface area contributed by atoms with Gasteiger partial charge in [0.2, 0.25) is 5.91 Å². The van der Waals surface area contributed by atoms with Gasteiger partial charge in [0.15, 0.2) is 9.84 Å². The van der Waals surface area contributed by atoms with E-state index in [1.165, 1.54) is 17.0 Å². The molecule has 1 saturated heterocycles. The number of ether oxygens (including phenoxy) is 2. The summed E-state index contributed by atoms with van der Waals surface area (Å²) in [6.45, 7) is 0.474. The Morgan fingerprint density at radius 1 is 1.14 bits per heavy atom. The number of carbonyl (C=O) groups is 1. The second-order valence-electron chi connectivity index (χ2n) is 8.84. The molecule has 1 amide bonds. The second-order valence-corrected chi connectivity index (χ2v) is 11.9. The molecule has 0 bridgehead atoms. The van der Waals surface area contributed by atoms with E-state index in [1.807, 2.05) is 0 Å². The lowest BCUT2D eigenvalue weighted by atomic mass is 9.84. The fraction of sp³-hybridized carbons (Fsp3) is 0.364. The van der Waals surface area contributed by atoms with E-state index in [2.05, 4.69) is 5.16 Å². The molecule has 36 heavy (non-hydrogen) atoms. The highest BCUT2D eigenvalue weighted by Gasteiger charge is 2.66. The molecule has 2 aromatic rings. The number of alkyl halides is 3. The molecule has 192 valence electrons. The maximum atomic E-state index is 14.1. The quantitative estimate of drug-likeness (QED) is 0.561. The van der Waals surface area contributed by atoms with Crippen molar-refractivity contribution < 1.29 is 40.7 Å². The Kier molecular flexibility index (Phi) is 5.75. The van der Waals surface area contributed by atoms with Crippen LogP contribution in [0.3, 0.4) is 0 Å². The van der Waals surface area contributed by atoms with E-state index in [1.54, 1.807) is 12.1 Å². The summed E-state index contributed by atoms with van der Waals surface area (Å²) in [6.07, 6.45) is -4.04. The van der Waals surface area contributed by atoms with Gasteiger partial charge in [0.05, 0.1) is 25.3 Å². The number of nitrogens with zero attached hydrogens (tertiary/aromatic N) is 2. The number of hydrogen-bond donors (Lipinski definition) is 0. The molecule has 1 atom stereocenters. The highest BCUT2D eigenvalue weighted by Crippen LogP contribution is 2.49. The predicted octanol–water partition coefficient (Wildman–Crippen LogP) is 3.73. The molecule has 8 nitrogen and oxygen atoms in total. The third-order valence-electron chi connectivity index (χ3n) is 6.09. The van der Waals surface area contributed by atoms with Gasteiger partial charge in [0, 0.05) is 21.9 Å². The van der Waals surface area contributed by atoms with Gasteiger partial charge in [-0.1, -0.05) is 29.3 Å². The van der Waals surface area contributed by atoms with E-state index < -0.39 is 50.5 Å². The van der Waals surface area contributed by atoms with Crippen LogP contribution in [-0.2, 0) is 46.9 Å². The molecule has 0 aliphatic carbocycles. The van der Waals surface area contributed by atoms with Crippen molar-refractivity contribution >= 4 is 44.8 Å². The molecule has 0 saturated carbocycles. The highest BCUT2D eigenvalue weighted by molar-refractivity contribution is 7.91. The van der Waals surface area contributed by atoms with Crippen molar-refractivity contribution in [3.05, 3.63) is 68.7 Å². The minimum Gasteiger partial charge on any atom is -0.419 e. The molecule has 3 aliphatic heterocycles. The van der Waals surface area contributed by atoms with E-state index in [4.69, 9.17) is 37.5 Å². The molecule has 1 fully saturated rings. The van der Waals surface area contributed by atoms with Gasteiger partial charge < -0.3 is 19.2 Å². The summed E-state index contributed by atoms with van der Waals surface area (Å²) in [4.78, 5) is 18.4. The van der Waals surface area contributed by atoms with Crippen LogP contribution in [0.1, 0.15) is 22.3 Å². The lowest BCUT2D eigenvalue weighted by molar-refractivity contribution is -0.352. The first kappa shape index (κ1) is 25.1. The largest absolute Gasteiger partial charge is 0.475 e. The fourth-order valence-electron chi connectivity index (χ4n) is 4.43. The van der Waals surface area contributed by atoms with Crippen molar-refractivity contribution in [2.75, 3.05) is 25.1 Å². The van der Waals surface area contributed by atoms with Crippen LogP contribution in [0, 0.1) is 0 Å². The van der Waals surface area contributed by atoms with Gasteiger partial charge >= 0.3 is 12.0 Å². The van der Waals surface area contributed by atoms with Crippen molar-refractivity contribution in [3.63, 3.8) is 0 Å². The first-order chi connectivity index (χ1) is 16.7. The Balaban J connectivity index is 1.37.